The highest BCUT2D eigenvalue weighted by molar-refractivity contribution is 7.89. The van der Waals surface area contributed by atoms with E-state index >= 15 is 0 Å². The van der Waals surface area contributed by atoms with Gasteiger partial charge in [0.05, 0.1) is 10.6 Å². The predicted molar refractivity (Wildman–Crippen MR) is 105 cm³/mol. The molecule has 0 atom stereocenters. The molecule has 1 aromatic heterocycles. The minimum atomic E-state index is -3.56. The zero-order valence-corrected chi connectivity index (χ0v) is 17.5. The first kappa shape index (κ1) is 20.5. The molecule has 0 aliphatic heterocycles. The number of nitrogens with one attached hydrogen (secondary N) is 1. The van der Waals surface area contributed by atoms with Crippen LogP contribution in [0.1, 0.15) is 50.7 Å². The van der Waals surface area contributed by atoms with E-state index < -0.39 is 10.0 Å². The van der Waals surface area contributed by atoms with Crippen LogP contribution in [0.4, 0.5) is 5.13 Å². The first-order chi connectivity index (χ1) is 11.9. The molecule has 2 aromatic rings. The topological polar surface area (TPSA) is 79.4 Å². The summed E-state index contributed by atoms with van der Waals surface area (Å²) >= 11 is 1.37. The molecule has 0 radical (unpaired) electrons. The van der Waals surface area contributed by atoms with Crippen molar-refractivity contribution in [1.29, 1.82) is 0 Å². The number of nitrogens with zero attached hydrogens (tertiary/aromatic N) is 2. The van der Waals surface area contributed by atoms with Crippen molar-refractivity contribution in [2.45, 2.75) is 51.0 Å². The smallest absolute Gasteiger partial charge is 0.257 e. The summed E-state index contributed by atoms with van der Waals surface area (Å²) in [6.07, 6.45) is 0. The van der Waals surface area contributed by atoms with Gasteiger partial charge in [-0.2, -0.15) is 4.31 Å². The van der Waals surface area contributed by atoms with Crippen LogP contribution >= 0.6 is 11.3 Å². The molecule has 1 aromatic carbocycles. The maximum Gasteiger partial charge on any atom is 0.257 e. The summed E-state index contributed by atoms with van der Waals surface area (Å²) < 4.78 is 26.2. The van der Waals surface area contributed by atoms with Crippen molar-refractivity contribution in [1.82, 2.24) is 9.29 Å². The van der Waals surface area contributed by atoms with E-state index in [1.807, 2.05) is 5.38 Å². The second kappa shape index (κ2) is 7.46. The molecule has 1 N–H and O–H groups in total. The molecular weight excluding hydrogens is 370 g/mol. The highest BCUT2D eigenvalue weighted by atomic mass is 32.2. The maximum atomic E-state index is 12.5. The maximum absolute atomic E-state index is 12.5. The third-order valence-corrected chi connectivity index (χ3v) is 6.82. The lowest BCUT2D eigenvalue weighted by Crippen LogP contribution is -2.33. The van der Waals surface area contributed by atoms with E-state index in [0.29, 0.717) is 10.7 Å². The third-order valence-electron chi connectivity index (χ3n) is 4.01. The Morgan fingerprint density at radius 1 is 1.19 bits per heavy atom. The number of hydrogen-bond donors (Lipinski definition) is 1. The Labute approximate surface area is 159 Å². The number of hydrogen-bond acceptors (Lipinski definition) is 5. The Balaban J connectivity index is 2.15. The number of anilines is 1. The second-order valence-corrected chi connectivity index (χ2v) is 10.2. The number of carbonyl (C=O) groups is 1. The Morgan fingerprint density at radius 3 is 2.23 bits per heavy atom. The molecule has 0 saturated carbocycles. The van der Waals surface area contributed by atoms with Crippen LogP contribution in [0, 0.1) is 0 Å². The number of benzene rings is 1. The van der Waals surface area contributed by atoms with E-state index in [-0.39, 0.29) is 22.3 Å². The van der Waals surface area contributed by atoms with E-state index in [2.05, 4.69) is 31.1 Å². The van der Waals surface area contributed by atoms with Gasteiger partial charge in [-0.15, -0.1) is 11.3 Å². The number of rotatable bonds is 5. The Bertz CT molecular complexity index is 879. The Hall–Kier alpha value is -1.77. The van der Waals surface area contributed by atoms with Gasteiger partial charge in [-0.3, -0.25) is 10.1 Å². The summed E-state index contributed by atoms with van der Waals surface area (Å²) in [5, 5.41) is 5.21. The van der Waals surface area contributed by atoms with Gasteiger partial charge >= 0.3 is 0 Å². The number of amides is 1. The largest absolute Gasteiger partial charge is 0.298 e. The van der Waals surface area contributed by atoms with Crippen molar-refractivity contribution in [3.8, 4) is 0 Å². The van der Waals surface area contributed by atoms with E-state index in [1.54, 1.807) is 13.8 Å². The fourth-order valence-corrected chi connectivity index (χ4v) is 4.37. The molecule has 8 heteroatoms. The van der Waals surface area contributed by atoms with Crippen molar-refractivity contribution in [2.24, 2.45) is 0 Å². The van der Waals surface area contributed by atoms with Crippen molar-refractivity contribution in [2.75, 3.05) is 12.4 Å². The van der Waals surface area contributed by atoms with Gasteiger partial charge in [-0.25, -0.2) is 13.4 Å². The summed E-state index contributed by atoms with van der Waals surface area (Å²) in [6.45, 7) is 9.78. The summed E-state index contributed by atoms with van der Waals surface area (Å²) in [7, 11) is -2.02. The molecule has 0 spiro atoms. The van der Waals surface area contributed by atoms with E-state index in [4.69, 9.17) is 0 Å². The zero-order chi connectivity index (χ0) is 19.7. The minimum absolute atomic E-state index is 0.0854. The molecule has 6 nitrogen and oxygen atoms in total. The highest BCUT2D eigenvalue weighted by Crippen LogP contribution is 2.26. The predicted octanol–water partition coefficient (Wildman–Crippen LogP) is 3.72. The normalized spacial score (nSPS) is 12.6. The van der Waals surface area contributed by atoms with Crippen LogP contribution in [0.5, 0.6) is 0 Å². The van der Waals surface area contributed by atoms with Gasteiger partial charge in [-0.1, -0.05) is 20.8 Å². The van der Waals surface area contributed by atoms with Crippen LogP contribution in [0.3, 0.4) is 0 Å². The van der Waals surface area contributed by atoms with E-state index in [9.17, 15) is 13.2 Å². The molecule has 0 fully saturated rings. The Morgan fingerprint density at radius 2 is 1.77 bits per heavy atom. The fourth-order valence-electron chi connectivity index (χ4n) is 2.07. The van der Waals surface area contributed by atoms with Crippen molar-refractivity contribution in [3.05, 3.63) is 40.9 Å². The summed E-state index contributed by atoms with van der Waals surface area (Å²) in [5.41, 5.74) is 1.21. The Kier molecular flexibility index (Phi) is 5.89. The van der Waals surface area contributed by atoms with Crippen LogP contribution in [0.25, 0.3) is 0 Å². The molecule has 0 bridgehead atoms. The lowest BCUT2D eigenvalue weighted by molar-refractivity contribution is 0.102. The van der Waals surface area contributed by atoms with Gasteiger partial charge in [-0.05, 0) is 38.1 Å². The first-order valence-electron chi connectivity index (χ1n) is 8.28. The van der Waals surface area contributed by atoms with Crippen molar-refractivity contribution >= 4 is 32.4 Å². The lowest BCUT2D eigenvalue weighted by atomic mass is 9.93. The van der Waals surface area contributed by atoms with Crippen LogP contribution < -0.4 is 5.32 Å². The zero-order valence-electron chi connectivity index (χ0n) is 15.9. The highest BCUT2D eigenvalue weighted by Gasteiger charge is 2.23. The first-order valence-corrected chi connectivity index (χ1v) is 10.6. The molecule has 26 heavy (non-hydrogen) atoms. The van der Waals surface area contributed by atoms with Gasteiger partial charge in [0.25, 0.3) is 5.91 Å². The number of thiazole rings is 1. The quantitative estimate of drug-likeness (QED) is 0.837. The average molecular weight is 396 g/mol. The van der Waals surface area contributed by atoms with Crippen molar-refractivity contribution < 1.29 is 13.2 Å². The number of aromatic nitrogens is 1. The third kappa shape index (κ3) is 4.49. The average Bonchev–Trinajstić information content (AvgIpc) is 3.02. The number of carbonyl (C=O) groups excluding carboxylic acids is 1. The standard InChI is InChI=1S/C18H25N3O3S2/c1-12(2)21(6)26(23,24)14-9-7-13(8-10-14)16(22)20-17-19-15(11-25-17)18(3,4)5/h7-12H,1-6H3,(H,19,20,22). The van der Waals surface area contributed by atoms with Gasteiger partial charge in [0, 0.05) is 29.4 Å². The van der Waals surface area contributed by atoms with Crippen molar-refractivity contribution in [3.63, 3.8) is 0 Å². The molecule has 0 aliphatic carbocycles. The lowest BCUT2D eigenvalue weighted by Gasteiger charge is -2.21. The minimum Gasteiger partial charge on any atom is -0.298 e. The molecule has 142 valence electrons. The van der Waals surface area contributed by atoms with E-state index in [0.717, 1.165) is 5.69 Å². The van der Waals surface area contributed by atoms with Crippen LogP contribution in [0.2, 0.25) is 0 Å². The molecule has 0 saturated heterocycles. The number of sulfonamides is 1. The molecule has 1 amide bonds. The van der Waals surface area contributed by atoms with Crippen LogP contribution in [-0.4, -0.2) is 36.7 Å². The fraction of sp³-hybridized carbons (Fsp3) is 0.444. The van der Waals surface area contributed by atoms with Gasteiger partial charge in [0.2, 0.25) is 10.0 Å². The molecule has 2 rings (SSSR count). The molecule has 1 heterocycles. The summed E-state index contributed by atoms with van der Waals surface area (Å²) in [4.78, 5) is 17.0. The SMILES string of the molecule is CC(C)N(C)S(=O)(=O)c1ccc(C(=O)Nc2nc(C(C)(C)C)cs2)cc1. The summed E-state index contributed by atoms with van der Waals surface area (Å²) in [5.74, 6) is -0.319. The van der Waals surface area contributed by atoms with Gasteiger partial charge in [0.15, 0.2) is 5.13 Å². The van der Waals surface area contributed by atoms with E-state index in [1.165, 1.54) is 47.0 Å². The molecule has 0 unspecified atom stereocenters. The molecule has 0 aliphatic rings. The van der Waals surface area contributed by atoms with Crippen LogP contribution in [0.15, 0.2) is 34.5 Å². The van der Waals surface area contributed by atoms with Gasteiger partial charge in [0.1, 0.15) is 0 Å². The second-order valence-electron chi connectivity index (χ2n) is 7.38. The molecular formula is C18H25N3O3S2. The monoisotopic (exact) mass is 395 g/mol. The van der Waals surface area contributed by atoms with Crippen LogP contribution in [-0.2, 0) is 15.4 Å². The van der Waals surface area contributed by atoms with Gasteiger partial charge < -0.3 is 0 Å². The summed E-state index contributed by atoms with van der Waals surface area (Å²) in [6, 6.07) is 5.77.